The minimum absolute atomic E-state index is 0.0716. The molecule has 1 unspecified atom stereocenters. The SMILES string of the molecule is Cc1ccc(CC(=O)NCC(N)c2ccc(C(=O)Nc3ccncc3)cc2)cc1. The number of nitrogens with two attached hydrogens (primary N) is 1. The predicted octanol–water partition coefficient (Wildman–Crippen LogP) is 3.00. The second kappa shape index (κ2) is 9.61. The molecule has 2 aromatic carbocycles. The zero-order chi connectivity index (χ0) is 20.6. The molecule has 0 aliphatic rings. The smallest absolute Gasteiger partial charge is 0.255 e. The summed E-state index contributed by atoms with van der Waals surface area (Å²) in [4.78, 5) is 28.3. The summed E-state index contributed by atoms with van der Waals surface area (Å²) in [5.74, 6) is -0.277. The summed E-state index contributed by atoms with van der Waals surface area (Å²) in [6.45, 7) is 2.34. The Labute approximate surface area is 170 Å². The van der Waals surface area contributed by atoms with Crippen molar-refractivity contribution in [2.75, 3.05) is 11.9 Å². The van der Waals surface area contributed by atoms with Crippen molar-refractivity contribution in [1.29, 1.82) is 0 Å². The summed E-state index contributed by atoms with van der Waals surface area (Å²) in [6, 6.07) is 18.0. The largest absolute Gasteiger partial charge is 0.354 e. The van der Waals surface area contributed by atoms with Crippen LogP contribution in [0, 0.1) is 6.92 Å². The van der Waals surface area contributed by atoms with Gasteiger partial charge in [-0.25, -0.2) is 0 Å². The monoisotopic (exact) mass is 388 g/mol. The highest BCUT2D eigenvalue weighted by Crippen LogP contribution is 2.13. The van der Waals surface area contributed by atoms with Gasteiger partial charge in [-0.05, 0) is 42.3 Å². The molecule has 0 fully saturated rings. The van der Waals surface area contributed by atoms with Gasteiger partial charge in [0, 0.05) is 36.2 Å². The Kier molecular flexibility index (Phi) is 6.71. The number of benzene rings is 2. The third kappa shape index (κ3) is 5.99. The highest BCUT2D eigenvalue weighted by molar-refractivity contribution is 6.04. The van der Waals surface area contributed by atoms with Gasteiger partial charge in [-0.3, -0.25) is 14.6 Å². The molecule has 0 saturated carbocycles. The van der Waals surface area contributed by atoms with Crippen LogP contribution in [0.5, 0.6) is 0 Å². The van der Waals surface area contributed by atoms with E-state index in [9.17, 15) is 9.59 Å². The average molecular weight is 388 g/mol. The number of amides is 2. The predicted molar refractivity (Wildman–Crippen MR) is 113 cm³/mol. The van der Waals surface area contributed by atoms with Gasteiger partial charge in [0.05, 0.1) is 6.42 Å². The topological polar surface area (TPSA) is 97.1 Å². The normalized spacial score (nSPS) is 11.5. The molecule has 6 heteroatoms. The molecule has 148 valence electrons. The highest BCUT2D eigenvalue weighted by Gasteiger charge is 2.11. The van der Waals surface area contributed by atoms with E-state index in [1.54, 1.807) is 48.8 Å². The third-order valence-electron chi connectivity index (χ3n) is 4.54. The average Bonchev–Trinajstić information content (AvgIpc) is 2.74. The van der Waals surface area contributed by atoms with Gasteiger partial charge in [0.25, 0.3) is 5.91 Å². The second-order valence-corrected chi connectivity index (χ2v) is 6.88. The number of nitrogens with zero attached hydrogens (tertiary/aromatic N) is 1. The first-order chi connectivity index (χ1) is 14.0. The fourth-order valence-electron chi connectivity index (χ4n) is 2.82. The standard InChI is InChI=1S/C23H24N4O2/c1-16-2-4-17(5-3-16)14-22(28)26-15-21(24)18-6-8-19(9-7-18)23(29)27-20-10-12-25-13-11-20/h2-13,21H,14-15,24H2,1H3,(H,26,28)(H,25,27,29). The molecule has 6 nitrogen and oxygen atoms in total. The summed E-state index contributed by atoms with van der Waals surface area (Å²) in [5, 5.41) is 5.67. The Morgan fingerprint density at radius 2 is 1.62 bits per heavy atom. The lowest BCUT2D eigenvalue weighted by Gasteiger charge is -2.14. The Bertz CT molecular complexity index is 954. The van der Waals surface area contributed by atoms with Crippen LogP contribution >= 0.6 is 0 Å². The Morgan fingerprint density at radius 3 is 2.28 bits per heavy atom. The van der Waals surface area contributed by atoms with Crippen molar-refractivity contribution in [1.82, 2.24) is 10.3 Å². The van der Waals surface area contributed by atoms with Gasteiger partial charge in [-0.2, -0.15) is 0 Å². The Morgan fingerprint density at radius 1 is 0.966 bits per heavy atom. The molecule has 1 heterocycles. The number of carbonyl (C=O) groups is 2. The number of nitrogens with one attached hydrogen (secondary N) is 2. The molecule has 4 N–H and O–H groups in total. The summed E-state index contributed by atoms with van der Waals surface area (Å²) < 4.78 is 0. The molecule has 0 aliphatic heterocycles. The number of rotatable bonds is 7. The van der Waals surface area contributed by atoms with E-state index in [-0.39, 0.29) is 17.9 Å². The first-order valence-corrected chi connectivity index (χ1v) is 9.40. The van der Waals surface area contributed by atoms with Crippen LogP contribution in [0.3, 0.4) is 0 Å². The maximum Gasteiger partial charge on any atom is 0.255 e. The van der Waals surface area contributed by atoms with Gasteiger partial charge in [0.1, 0.15) is 0 Å². The van der Waals surface area contributed by atoms with Gasteiger partial charge >= 0.3 is 0 Å². The molecular formula is C23H24N4O2. The van der Waals surface area contributed by atoms with Gasteiger partial charge in [-0.1, -0.05) is 42.0 Å². The maximum absolute atomic E-state index is 12.3. The highest BCUT2D eigenvalue weighted by atomic mass is 16.2. The van der Waals surface area contributed by atoms with Crippen LogP contribution in [0.15, 0.2) is 73.1 Å². The molecule has 1 atom stereocenters. The van der Waals surface area contributed by atoms with Crippen LogP contribution in [0.1, 0.15) is 33.1 Å². The van der Waals surface area contributed by atoms with Crippen LogP contribution < -0.4 is 16.4 Å². The lowest BCUT2D eigenvalue weighted by Crippen LogP contribution is -2.32. The summed E-state index contributed by atoms with van der Waals surface area (Å²) in [6.07, 6.45) is 3.55. The molecule has 0 radical (unpaired) electrons. The van der Waals surface area contributed by atoms with E-state index in [2.05, 4.69) is 15.6 Å². The fourth-order valence-corrected chi connectivity index (χ4v) is 2.82. The van der Waals surface area contributed by atoms with Crippen LogP contribution in [0.2, 0.25) is 0 Å². The first kappa shape index (κ1) is 20.2. The molecule has 0 saturated heterocycles. The number of aromatic nitrogens is 1. The molecule has 29 heavy (non-hydrogen) atoms. The van der Waals surface area contributed by atoms with Crippen LogP contribution in [0.25, 0.3) is 0 Å². The van der Waals surface area contributed by atoms with Crippen LogP contribution in [-0.2, 0) is 11.2 Å². The van der Waals surface area contributed by atoms with Crippen molar-refractivity contribution in [2.45, 2.75) is 19.4 Å². The van der Waals surface area contributed by atoms with Crippen molar-refractivity contribution in [3.63, 3.8) is 0 Å². The van der Waals surface area contributed by atoms with Crippen molar-refractivity contribution >= 4 is 17.5 Å². The van der Waals surface area contributed by atoms with Crippen molar-refractivity contribution in [3.8, 4) is 0 Å². The lowest BCUT2D eigenvalue weighted by molar-refractivity contribution is -0.120. The molecule has 0 spiro atoms. The van der Waals surface area contributed by atoms with E-state index >= 15 is 0 Å². The van der Waals surface area contributed by atoms with Gasteiger partial charge in [0.15, 0.2) is 0 Å². The van der Waals surface area contributed by atoms with E-state index in [1.165, 1.54) is 0 Å². The number of anilines is 1. The maximum atomic E-state index is 12.3. The molecule has 0 bridgehead atoms. The van der Waals surface area contributed by atoms with Crippen LogP contribution in [0.4, 0.5) is 5.69 Å². The van der Waals surface area contributed by atoms with E-state index in [1.807, 2.05) is 31.2 Å². The fraction of sp³-hybridized carbons (Fsp3) is 0.174. The summed E-state index contributed by atoms with van der Waals surface area (Å²) >= 11 is 0. The number of aryl methyl sites for hydroxylation is 1. The minimum atomic E-state index is -0.353. The molecule has 0 aliphatic carbocycles. The zero-order valence-electron chi connectivity index (χ0n) is 16.3. The molecule has 1 aromatic heterocycles. The molecule has 3 aromatic rings. The van der Waals surface area contributed by atoms with Crippen molar-refractivity contribution in [3.05, 3.63) is 95.3 Å². The van der Waals surface area contributed by atoms with E-state index in [0.29, 0.717) is 24.2 Å². The Hall–Kier alpha value is -3.51. The van der Waals surface area contributed by atoms with Crippen LogP contribution in [-0.4, -0.2) is 23.3 Å². The number of hydrogen-bond acceptors (Lipinski definition) is 4. The number of pyridine rings is 1. The van der Waals surface area contributed by atoms with Crippen molar-refractivity contribution in [2.24, 2.45) is 5.73 Å². The van der Waals surface area contributed by atoms with E-state index in [0.717, 1.165) is 16.7 Å². The van der Waals surface area contributed by atoms with Crippen molar-refractivity contribution < 1.29 is 9.59 Å². The van der Waals surface area contributed by atoms with Gasteiger partial charge < -0.3 is 16.4 Å². The van der Waals surface area contributed by atoms with E-state index < -0.39 is 0 Å². The lowest BCUT2D eigenvalue weighted by atomic mass is 10.0. The second-order valence-electron chi connectivity index (χ2n) is 6.88. The van der Waals surface area contributed by atoms with Gasteiger partial charge in [-0.15, -0.1) is 0 Å². The summed E-state index contributed by atoms with van der Waals surface area (Å²) in [5.41, 5.74) is 10.4. The summed E-state index contributed by atoms with van der Waals surface area (Å²) in [7, 11) is 0. The molecule has 2 amide bonds. The quantitative estimate of drug-likeness (QED) is 0.580. The van der Waals surface area contributed by atoms with Gasteiger partial charge in [0.2, 0.25) is 5.91 Å². The molecular weight excluding hydrogens is 364 g/mol. The number of carbonyl (C=O) groups excluding carboxylic acids is 2. The first-order valence-electron chi connectivity index (χ1n) is 9.40. The Balaban J connectivity index is 1.50. The van der Waals surface area contributed by atoms with E-state index in [4.69, 9.17) is 5.73 Å². The zero-order valence-corrected chi connectivity index (χ0v) is 16.3. The number of hydrogen-bond donors (Lipinski definition) is 3. The third-order valence-corrected chi connectivity index (χ3v) is 4.54. The molecule has 3 rings (SSSR count). The minimum Gasteiger partial charge on any atom is -0.354 e.